The van der Waals surface area contributed by atoms with Gasteiger partial charge in [-0.1, -0.05) is 48.2 Å². The van der Waals surface area contributed by atoms with E-state index in [1.54, 1.807) is 7.05 Å². The van der Waals surface area contributed by atoms with E-state index in [1.807, 2.05) is 42.5 Å². The van der Waals surface area contributed by atoms with Gasteiger partial charge in [0.15, 0.2) is 0 Å². The zero-order valence-corrected chi connectivity index (χ0v) is 13.5. The lowest BCUT2D eigenvalue weighted by molar-refractivity contribution is -0.108. The van der Waals surface area contributed by atoms with Gasteiger partial charge in [0.05, 0.1) is 6.54 Å². The topological polar surface area (TPSA) is 69.6 Å². The van der Waals surface area contributed by atoms with Gasteiger partial charge in [0, 0.05) is 24.6 Å². The van der Waals surface area contributed by atoms with Crippen LogP contribution >= 0.6 is 0 Å². The third-order valence-corrected chi connectivity index (χ3v) is 3.78. The maximum atomic E-state index is 11.1. The van der Waals surface area contributed by atoms with Gasteiger partial charge in [-0.15, -0.1) is 0 Å². The second-order valence-corrected chi connectivity index (χ2v) is 5.37. The molecule has 0 aliphatic rings. The van der Waals surface area contributed by atoms with Gasteiger partial charge in [0.1, 0.15) is 6.29 Å². The minimum atomic E-state index is -1.11. The van der Waals surface area contributed by atoms with Crippen molar-refractivity contribution in [1.29, 1.82) is 0 Å². The second-order valence-electron chi connectivity index (χ2n) is 5.37. The molecular formula is C19H20N2O3. The first-order chi connectivity index (χ1) is 11.7. The number of nitrogens with one attached hydrogen (secondary N) is 1. The van der Waals surface area contributed by atoms with Gasteiger partial charge in [0.2, 0.25) is 0 Å². The lowest BCUT2D eigenvalue weighted by Crippen LogP contribution is -2.42. The van der Waals surface area contributed by atoms with E-state index in [0.717, 1.165) is 21.2 Å². The van der Waals surface area contributed by atoms with Crippen molar-refractivity contribution in [3.8, 4) is 11.8 Å². The van der Waals surface area contributed by atoms with E-state index in [4.69, 9.17) is 5.11 Å². The van der Waals surface area contributed by atoms with E-state index in [9.17, 15) is 9.59 Å². The highest BCUT2D eigenvalue weighted by molar-refractivity contribution is 5.88. The summed E-state index contributed by atoms with van der Waals surface area (Å²) in [6, 6.07) is 13.9. The van der Waals surface area contributed by atoms with Crippen molar-refractivity contribution in [2.24, 2.45) is 0 Å². The van der Waals surface area contributed by atoms with Crippen molar-refractivity contribution in [2.45, 2.75) is 12.5 Å². The molecule has 0 aliphatic heterocycles. The molecule has 124 valence electrons. The van der Waals surface area contributed by atoms with Crippen LogP contribution in [-0.2, 0) is 4.79 Å². The van der Waals surface area contributed by atoms with Gasteiger partial charge < -0.3 is 15.2 Å². The van der Waals surface area contributed by atoms with Gasteiger partial charge in [0.25, 0.3) is 0 Å². The molecule has 0 spiro atoms. The van der Waals surface area contributed by atoms with E-state index in [1.165, 1.54) is 0 Å². The average molecular weight is 324 g/mol. The smallest absolute Gasteiger partial charge is 0.407 e. The highest BCUT2D eigenvalue weighted by Crippen LogP contribution is 2.17. The molecule has 0 saturated carbocycles. The van der Waals surface area contributed by atoms with E-state index < -0.39 is 6.09 Å². The predicted octanol–water partition coefficient (Wildman–Crippen LogP) is 2.35. The number of hydrogen-bond donors (Lipinski definition) is 2. The molecule has 2 rings (SSSR count). The standard InChI is InChI=1S/C19H20N2O3/c1-20-17(14-21(12-13-22)19(23)24)10-5-9-16-8-4-7-15-6-2-3-11-18(15)16/h2-4,6-8,11,13,17,20H,10,12,14H2,1H3,(H,23,24). The summed E-state index contributed by atoms with van der Waals surface area (Å²) in [6.07, 6.45) is -0.0327. The minimum absolute atomic E-state index is 0.135. The molecule has 1 amide bonds. The molecule has 24 heavy (non-hydrogen) atoms. The Hall–Kier alpha value is -2.84. The first-order valence-electron chi connectivity index (χ1n) is 7.71. The Bertz CT molecular complexity index is 772. The van der Waals surface area contributed by atoms with Gasteiger partial charge in [-0.05, 0) is 23.9 Å². The zero-order valence-electron chi connectivity index (χ0n) is 13.5. The Morgan fingerprint density at radius 3 is 2.75 bits per heavy atom. The number of rotatable bonds is 6. The summed E-state index contributed by atoms with van der Waals surface area (Å²) in [7, 11) is 1.76. The highest BCUT2D eigenvalue weighted by Gasteiger charge is 2.15. The molecule has 0 bridgehead atoms. The normalized spacial score (nSPS) is 11.4. The van der Waals surface area contributed by atoms with E-state index >= 15 is 0 Å². The summed E-state index contributed by atoms with van der Waals surface area (Å²) in [5, 5.41) is 14.4. The maximum Gasteiger partial charge on any atom is 0.407 e. The largest absolute Gasteiger partial charge is 0.465 e. The van der Waals surface area contributed by atoms with Gasteiger partial charge >= 0.3 is 6.09 Å². The molecule has 0 saturated heterocycles. The molecule has 2 N–H and O–H groups in total. The fourth-order valence-electron chi connectivity index (χ4n) is 2.45. The zero-order chi connectivity index (χ0) is 17.4. The molecule has 2 aromatic carbocycles. The van der Waals surface area contributed by atoms with E-state index in [2.05, 4.69) is 17.2 Å². The first kappa shape index (κ1) is 17.5. The Kier molecular flexibility index (Phi) is 6.35. The van der Waals surface area contributed by atoms with Crippen LogP contribution in [0.3, 0.4) is 0 Å². The Balaban J connectivity index is 2.09. The fourth-order valence-corrected chi connectivity index (χ4v) is 2.45. The summed E-state index contributed by atoms with van der Waals surface area (Å²) in [5.74, 6) is 6.27. The maximum absolute atomic E-state index is 11.1. The Morgan fingerprint density at radius 1 is 1.29 bits per heavy atom. The number of benzene rings is 2. The number of amides is 1. The molecule has 0 heterocycles. The number of carboxylic acid groups (broad SMARTS) is 1. The number of fused-ring (bicyclic) bond motifs is 1. The van der Waals surface area contributed by atoms with Crippen LogP contribution in [0.5, 0.6) is 0 Å². The van der Waals surface area contributed by atoms with Gasteiger partial charge in [-0.3, -0.25) is 4.90 Å². The minimum Gasteiger partial charge on any atom is -0.465 e. The number of aldehydes is 1. The lowest BCUT2D eigenvalue weighted by Gasteiger charge is -2.22. The average Bonchev–Trinajstić information content (AvgIpc) is 2.60. The van der Waals surface area contributed by atoms with Crippen LogP contribution in [0.15, 0.2) is 42.5 Å². The number of likely N-dealkylation sites (N-methyl/N-ethyl adjacent to an activating group) is 1. The van der Waals surface area contributed by atoms with Crippen LogP contribution in [0.2, 0.25) is 0 Å². The van der Waals surface area contributed by atoms with Gasteiger partial charge in [-0.2, -0.15) is 0 Å². The molecule has 1 atom stereocenters. The summed E-state index contributed by atoms with van der Waals surface area (Å²) in [6.45, 7) is 0.0824. The van der Waals surface area contributed by atoms with Crippen molar-refractivity contribution in [3.05, 3.63) is 48.0 Å². The van der Waals surface area contributed by atoms with Crippen molar-refractivity contribution in [2.75, 3.05) is 20.1 Å². The fraction of sp³-hybridized carbons (Fsp3) is 0.263. The summed E-state index contributed by atoms with van der Waals surface area (Å²) in [4.78, 5) is 22.7. The number of hydrogen-bond acceptors (Lipinski definition) is 3. The monoisotopic (exact) mass is 324 g/mol. The predicted molar refractivity (Wildman–Crippen MR) is 94.0 cm³/mol. The molecule has 1 unspecified atom stereocenters. The second kappa shape index (κ2) is 8.70. The quantitative estimate of drug-likeness (QED) is 0.632. The Labute approximate surface area is 141 Å². The first-order valence-corrected chi connectivity index (χ1v) is 7.71. The SMILES string of the molecule is CNC(CC#Cc1cccc2ccccc12)CN(CC=O)C(=O)O. The third kappa shape index (κ3) is 4.58. The number of carbonyl (C=O) groups excluding carboxylic acids is 1. The molecule has 5 nitrogen and oxygen atoms in total. The van der Waals surface area contributed by atoms with Gasteiger partial charge in [-0.25, -0.2) is 4.79 Å². The molecule has 2 aromatic rings. The lowest BCUT2D eigenvalue weighted by atomic mass is 10.0. The molecule has 0 aromatic heterocycles. The summed E-state index contributed by atoms with van der Waals surface area (Å²) < 4.78 is 0. The van der Waals surface area contributed by atoms with Crippen molar-refractivity contribution < 1.29 is 14.7 Å². The molecule has 0 radical (unpaired) electrons. The van der Waals surface area contributed by atoms with Crippen LogP contribution in [0.1, 0.15) is 12.0 Å². The molecule has 0 aliphatic carbocycles. The Morgan fingerprint density at radius 2 is 2.04 bits per heavy atom. The third-order valence-electron chi connectivity index (χ3n) is 3.78. The molecule has 0 fully saturated rings. The van der Waals surface area contributed by atoms with Crippen molar-refractivity contribution in [1.82, 2.24) is 10.2 Å². The molecular weight excluding hydrogens is 304 g/mol. The van der Waals surface area contributed by atoms with E-state index in [-0.39, 0.29) is 19.1 Å². The number of carbonyl (C=O) groups is 2. The summed E-state index contributed by atoms with van der Waals surface area (Å²) in [5.41, 5.74) is 0.950. The van der Waals surface area contributed by atoms with Crippen LogP contribution < -0.4 is 5.32 Å². The van der Waals surface area contributed by atoms with Crippen LogP contribution in [0.4, 0.5) is 4.79 Å². The highest BCUT2D eigenvalue weighted by atomic mass is 16.4. The van der Waals surface area contributed by atoms with E-state index in [0.29, 0.717) is 12.7 Å². The van der Waals surface area contributed by atoms with Crippen LogP contribution in [0.25, 0.3) is 10.8 Å². The molecule has 5 heteroatoms. The van der Waals surface area contributed by atoms with Crippen molar-refractivity contribution >= 4 is 23.2 Å². The summed E-state index contributed by atoms with van der Waals surface area (Å²) >= 11 is 0. The van der Waals surface area contributed by atoms with Crippen LogP contribution in [0, 0.1) is 11.8 Å². The van der Waals surface area contributed by atoms with Crippen molar-refractivity contribution in [3.63, 3.8) is 0 Å². The number of nitrogens with zero attached hydrogens (tertiary/aromatic N) is 1. The van der Waals surface area contributed by atoms with Crippen LogP contribution in [-0.4, -0.2) is 48.6 Å².